The van der Waals surface area contributed by atoms with Gasteiger partial charge in [0.15, 0.2) is 0 Å². The highest BCUT2D eigenvalue weighted by atomic mass is 16.5. The lowest BCUT2D eigenvalue weighted by molar-refractivity contribution is 0.0526. The van der Waals surface area contributed by atoms with Crippen molar-refractivity contribution in [3.63, 3.8) is 0 Å². The van der Waals surface area contributed by atoms with Crippen LogP contribution in [0.2, 0.25) is 0 Å². The second-order valence-corrected chi connectivity index (χ2v) is 10.6. The SMILES string of the molecule is CCOC(=O)c1ccc2c(N(Cc3ccc(-c4ccc(OC)c(C)c4)cc3)CC3CCCCC3)nccc2c1. The lowest BCUT2D eigenvalue weighted by Gasteiger charge is -2.31. The van der Waals surface area contributed by atoms with E-state index in [0.29, 0.717) is 18.1 Å². The number of aryl methyl sites for hydroxylation is 1. The van der Waals surface area contributed by atoms with Gasteiger partial charge in [0.05, 0.1) is 19.3 Å². The number of benzene rings is 3. The highest BCUT2D eigenvalue weighted by molar-refractivity contribution is 5.99. The number of rotatable bonds is 9. The average Bonchev–Trinajstić information content (AvgIpc) is 2.97. The molecule has 0 radical (unpaired) electrons. The summed E-state index contributed by atoms with van der Waals surface area (Å²) in [6.45, 7) is 6.03. The normalized spacial score (nSPS) is 13.8. The minimum absolute atomic E-state index is 0.288. The first-order valence-corrected chi connectivity index (χ1v) is 14.1. The molecule has 4 aromatic rings. The molecule has 0 spiro atoms. The number of esters is 1. The summed E-state index contributed by atoms with van der Waals surface area (Å²) in [5, 5.41) is 2.07. The molecule has 1 saturated carbocycles. The molecule has 5 heteroatoms. The van der Waals surface area contributed by atoms with Gasteiger partial charge in [0, 0.05) is 24.7 Å². The Kier molecular flexibility index (Phi) is 8.45. The Bertz CT molecular complexity index is 1420. The molecular formula is C34H38N2O3. The Labute approximate surface area is 231 Å². The third kappa shape index (κ3) is 6.25. The molecule has 0 amide bonds. The van der Waals surface area contributed by atoms with Crippen molar-refractivity contribution < 1.29 is 14.3 Å². The number of ether oxygens (including phenoxy) is 2. The Morgan fingerprint density at radius 2 is 1.72 bits per heavy atom. The summed E-state index contributed by atoms with van der Waals surface area (Å²) in [5.41, 5.74) is 5.34. The number of hydrogen-bond donors (Lipinski definition) is 0. The van der Waals surface area contributed by atoms with Gasteiger partial charge in [-0.2, -0.15) is 0 Å². The van der Waals surface area contributed by atoms with Crippen LogP contribution < -0.4 is 9.64 Å². The van der Waals surface area contributed by atoms with Gasteiger partial charge in [-0.05, 0) is 96.6 Å². The lowest BCUT2D eigenvalue weighted by Crippen LogP contribution is -2.31. The van der Waals surface area contributed by atoms with Crippen LogP contribution >= 0.6 is 0 Å². The molecule has 5 rings (SSSR count). The summed E-state index contributed by atoms with van der Waals surface area (Å²) in [4.78, 5) is 19.6. The zero-order chi connectivity index (χ0) is 27.2. The van der Waals surface area contributed by atoms with Gasteiger partial charge in [-0.3, -0.25) is 0 Å². The van der Waals surface area contributed by atoms with Crippen molar-refractivity contribution in [2.45, 2.75) is 52.5 Å². The fourth-order valence-electron chi connectivity index (χ4n) is 5.74. The van der Waals surface area contributed by atoms with E-state index in [9.17, 15) is 4.79 Å². The van der Waals surface area contributed by atoms with Gasteiger partial charge >= 0.3 is 5.97 Å². The van der Waals surface area contributed by atoms with Crippen molar-refractivity contribution in [2.24, 2.45) is 5.92 Å². The van der Waals surface area contributed by atoms with Crippen LogP contribution in [-0.2, 0) is 11.3 Å². The molecule has 1 fully saturated rings. The number of anilines is 1. The van der Waals surface area contributed by atoms with Crippen molar-refractivity contribution in [3.8, 4) is 16.9 Å². The van der Waals surface area contributed by atoms with E-state index in [1.807, 2.05) is 43.5 Å². The molecule has 0 N–H and O–H groups in total. The monoisotopic (exact) mass is 522 g/mol. The zero-order valence-electron chi connectivity index (χ0n) is 23.3. The number of methoxy groups -OCH3 is 1. The van der Waals surface area contributed by atoms with Crippen molar-refractivity contribution in [1.82, 2.24) is 4.98 Å². The molecule has 1 aromatic heterocycles. The summed E-state index contributed by atoms with van der Waals surface area (Å²) in [5.74, 6) is 2.26. The van der Waals surface area contributed by atoms with Crippen molar-refractivity contribution in [2.75, 3.05) is 25.2 Å². The summed E-state index contributed by atoms with van der Waals surface area (Å²) >= 11 is 0. The fraction of sp³-hybridized carbons (Fsp3) is 0.353. The fourth-order valence-corrected chi connectivity index (χ4v) is 5.74. The van der Waals surface area contributed by atoms with Gasteiger partial charge in [-0.25, -0.2) is 9.78 Å². The van der Waals surface area contributed by atoms with Crippen molar-refractivity contribution >= 4 is 22.6 Å². The first kappa shape index (κ1) is 26.7. The van der Waals surface area contributed by atoms with Crippen LogP contribution in [0, 0.1) is 12.8 Å². The molecule has 1 heterocycles. The maximum atomic E-state index is 12.3. The van der Waals surface area contributed by atoms with Crippen LogP contribution in [0.15, 0.2) is 72.9 Å². The van der Waals surface area contributed by atoms with Gasteiger partial charge in [-0.15, -0.1) is 0 Å². The molecule has 0 bridgehead atoms. The van der Waals surface area contributed by atoms with Crippen molar-refractivity contribution in [3.05, 3.63) is 89.6 Å². The van der Waals surface area contributed by atoms with Crippen LogP contribution in [0.25, 0.3) is 21.9 Å². The molecule has 3 aromatic carbocycles. The second-order valence-electron chi connectivity index (χ2n) is 10.6. The quantitative estimate of drug-likeness (QED) is 0.209. The Morgan fingerprint density at radius 3 is 2.44 bits per heavy atom. The molecule has 202 valence electrons. The van der Waals surface area contributed by atoms with E-state index in [4.69, 9.17) is 14.5 Å². The van der Waals surface area contributed by atoms with Gasteiger partial charge in [-0.1, -0.05) is 49.6 Å². The van der Waals surface area contributed by atoms with E-state index in [1.54, 1.807) is 7.11 Å². The minimum Gasteiger partial charge on any atom is -0.496 e. The molecule has 39 heavy (non-hydrogen) atoms. The molecule has 0 saturated heterocycles. The first-order chi connectivity index (χ1) is 19.1. The zero-order valence-corrected chi connectivity index (χ0v) is 23.3. The van der Waals surface area contributed by atoms with Gasteiger partial charge in [0.1, 0.15) is 11.6 Å². The topological polar surface area (TPSA) is 51.7 Å². The largest absolute Gasteiger partial charge is 0.496 e. The molecule has 1 aliphatic rings. The van der Waals surface area contributed by atoms with Gasteiger partial charge in [0.2, 0.25) is 0 Å². The average molecular weight is 523 g/mol. The number of carbonyl (C=O) groups excluding carboxylic acids is 1. The summed E-state index contributed by atoms with van der Waals surface area (Å²) in [6, 6.07) is 23.0. The third-order valence-electron chi connectivity index (χ3n) is 7.81. The number of aromatic nitrogens is 1. The maximum absolute atomic E-state index is 12.3. The van der Waals surface area contributed by atoms with Crippen LogP contribution in [0.1, 0.15) is 60.5 Å². The number of pyridine rings is 1. The predicted octanol–water partition coefficient (Wildman–Crippen LogP) is 7.98. The third-order valence-corrected chi connectivity index (χ3v) is 7.81. The molecule has 5 nitrogen and oxygen atoms in total. The first-order valence-electron chi connectivity index (χ1n) is 14.1. The highest BCUT2D eigenvalue weighted by Crippen LogP contribution is 2.32. The molecular weight excluding hydrogens is 484 g/mol. The van der Waals surface area contributed by atoms with E-state index in [-0.39, 0.29) is 5.97 Å². The van der Waals surface area contributed by atoms with Crippen molar-refractivity contribution in [1.29, 1.82) is 0 Å². The van der Waals surface area contributed by atoms with Crippen LogP contribution in [-0.4, -0.2) is 31.2 Å². The number of fused-ring (bicyclic) bond motifs is 1. The number of carbonyl (C=O) groups is 1. The van der Waals surface area contributed by atoms with Crippen LogP contribution in [0.3, 0.4) is 0 Å². The van der Waals surface area contributed by atoms with Gasteiger partial charge in [0.25, 0.3) is 0 Å². The molecule has 1 aliphatic carbocycles. The van der Waals surface area contributed by atoms with E-state index >= 15 is 0 Å². The predicted molar refractivity (Wildman–Crippen MR) is 158 cm³/mol. The standard InChI is InChI=1S/C34H38N2O3/c1-4-39-34(37)30-14-16-31-29(21-30)18-19-35-33(31)36(22-25-8-6-5-7-9-25)23-26-10-12-27(13-11-26)28-15-17-32(38-3)24(2)20-28/h10-21,25H,4-9,22-23H2,1-3H3. The summed E-state index contributed by atoms with van der Waals surface area (Å²) in [7, 11) is 1.71. The number of nitrogens with zero attached hydrogens (tertiary/aromatic N) is 2. The Morgan fingerprint density at radius 1 is 0.949 bits per heavy atom. The van der Waals surface area contributed by atoms with E-state index in [1.165, 1.54) is 48.8 Å². The Balaban J connectivity index is 1.44. The van der Waals surface area contributed by atoms with Gasteiger partial charge < -0.3 is 14.4 Å². The van der Waals surface area contributed by atoms with Crippen LogP contribution in [0.4, 0.5) is 5.82 Å². The molecule has 0 unspecified atom stereocenters. The lowest BCUT2D eigenvalue weighted by atomic mass is 9.88. The highest BCUT2D eigenvalue weighted by Gasteiger charge is 2.21. The summed E-state index contributed by atoms with van der Waals surface area (Å²) < 4.78 is 10.7. The smallest absolute Gasteiger partial charge is 0.338 e. The van der Waals surface area contributed by atoms with Crippen LogP contribution in [0.5, 0.6) is 5.75 Å². The second kappa shape index (κ2) is 12.3. The molecule has 0 atom stereocenters. The minimum atomic E-state index is -0.288. The summed E-state index contributed by atoms with van der Waals surface area (Å²) in [6.07, 6.45) is 8.34. The maximum Gasteiger partial charge on any atom is 0.338 e. The van der Waals surface area contributed by atoms with E-state index in [0.717, 1.165) is 41.0 Å². The Hall–Kier alpha value is -3.86. The number of hydrogen-bond acceptors (Lipinski definition) is 5. The van der Waals surface area contributed by atoms with E-state index < -0.39 is 0 Å². The molecule has 0 aliphatic heterocycles. The van der Waals surface area contributed by atoms with E-state index in [2.05, 4.69) is 48.2 Å².